The molecular weight excluding hydrogens is 536 g/mol. The topological polar surface area (TPSA) is 35.6 Å². The van der Waals surface area contributed by atoms with Crippen molar-refractivity contribution in [2.45, 2.75) is 0 Å². The summed E-state index contributed by atoms with van der Waals surface area (Å²) in [6.45, 7) is 0. The van der Waals surface area contributed by atoms with Gasteiger partial charge in [0.05, 0.1) is 33.4 Å². The Morgan fingerprint density at radius 2 is 0.955 bits per heavy atom. The molecule has 0 saturated heterocycles. The molecule has 0 bridgehead atoms. The summed E-state index contributed by atoms with van der Waals surface area (Å²) in [5.74, 6) is 0. The minimum atomic E-state index is 0.843. The minimum Gasteiger partial charge on any atom is -0.309 e. The van der Waals surface area contributed by atoms with Gasteiger partial charge in [-0.15, -0.1) is 0 Å². The van der Waals surface area contributed by atoms with Gasteiger partial charge in [-0.2, -0.15) is 0 Å². The fraction of sp³-hybridized carbons (Fsp3) is 0. The minimum absolute atomic E-state index is 0.843. The lowest BCUT2D eigenvalue weighted by molar-refractivity contribution is 1.13. The van der Waals surface area contributed by atoms with Gasteiger partial charge in [-0.25, -0.2) is 0 Å². The number of hydrogen-bond acceptors (Lipinski definition) is 2. The molecule has 5 aromatic carbocycles. The Balaban J connectivity index is 1.29. The third kappa shape index (κ3) is 3.71. The van der Waals surface area contributed by atoms with E-state index in [9.17, 15) is 0 Å². The summed E-state index contributed by atoms with van der Waals surface area (Å²) in [5.41, 5.74) is 10.6. The first kappa shape index (κ1) is 24.6. The molecule has 206 valence electrons. The fourth-order valence-electron chi connectivity index (χ4n) is 6.69. The monoisotopic (exact) mass is 562 g/mol. The summed E-state index contributed by atoms with van der Waals surface area (Å²) in [5, 5.41) is 4.94. The predicted octanol–water partition coefficient (Wildman–Crippen LogP) is 10.0. The van der Waals surface area contributed by atoms with E-state index in [4.69, 9.17) is 9.97 Å². The van der Waals surface area contributed by atoms with Crippen LogP contribution < -0.4 is 0 Å². The van der Waals surface area contributed by atoms with Gasteiger partial charge in [-0.05, 0) is 60.2 Å². The van der Waals surface area contributed by atoms with Crippen molar-refractivity contribution in [2.24, 2.45) is 0 Å². The predicted molar refractivity (Wildman–Crippen MR) is 182 cm³/mol. The number of nitrogens with zero attached hydrogens (tertiary/aromatic N) is 4. The molecule has 44 heavy (non-hydrogen) atoms. The lowest BCUT2D eigenvalue weighted by Crippen LogP contribution is -2.01. The van der Waals surface area contributed by atoms with Crippen molar-refractivity contribution in [3.63, 3.8) is 0 Å². The number of aromatic nitrogens is 4. The van der Waals surface area contributed by atoms with Crippen molar-refractivity contribution in [3.05, 3.63) is 158 Å². The summed E-state index contributed by atoms with van der Waals surface area (Å²) >= 11 is 0. The number of benzene rings is 5. The van der Waals surface area contributed by atoms with Gasteiger partial charge in [-0.1, -0.05) is 91.0 Å². The van der Waals surface area contributed by atoms with E-state index in [0.29, 0.717) is 0 Å². The van der Waals surface area contributed by atoms with E-state index >= 15 is 0 Å². The van der Waals surface area contributed by atoms with Gasteiger partial charge in [0.1, 0.15) is 5.69 Å². The number of pyridine rings is 2. The van der Waals surface area contributed by atoms with Crippen LogP contribution in [0.1, 0.15) is 0 Å². The Bertz CT molecular complexity index is 2400. The molecule has 4 heterocycles. The maximum absolute atomic E-state index is 5.10. The normalized spacial score (nSPS) is 11.6. The number of hydrogen-bond donors (Lipinski definition) is 0. The maximum atomic E-state index is 5.10. The average Bonchev–Trinajstić information content (AvgIpc) is 3.62. The molecule has 0 aliphatic carbocycles. The summed E-state index contributed by atoms with van der Waals surface area (Å²) in [4.78, 5) is 9.81. The number of para-hydroxylation sites is 4. The van der Waals surface area contributed by atoms with E-state index in [0.717, 1.165) is 44.9 Å². The van der Waals surface area contributed by atoms with Crippen molar-refractivity contribution in [2.75, 3.05) is 0 Å². The Morgan fingerprint density at radius 1 is 0.409 bits per heavy atom. The first-order valence-corrected chi connectivity index (χ1v) is 14.8. The molecule has 9 rings (SSSR count). The highest BCUT2D eigenvalue weighted by Gasteiger charge is 2.18. The van der Waals surface area contributed by atoms with Crippen LogP contribution in [0.25, 0.3) is 77.5 Å². The van der Waals surface area contributed by atoms with Crippen molar-refractivity contribution in [1.29, 1.82) is 0 Å². The molecule has 0 radical (unpaired) electrons. The van der Waals surface area contributed by atoms with Crippen LogP contribution in [0.15, 0.2) is 158 Å². The molecule has 4 aromatic heterocycles. The van der Waals surface area contributed by atoms with Gasteiger partial charge in [0.2, 0.25) is 0 Å². The quantitative estimate of drug-likeness (QED) is 0.214. The lowest BCUT2D eigenvalue weighted by Gasteiger charge is -2.15. The van der Waals surface area contributed by atoms with Crippen molar-refractivity contribution >= 4 is 43.6 Å². The first-order chi connectivity index (χ1) is 21.8. The summed E-state index contributed by atoms with van der Waals surface area (Å²) < 4.78 is 4.69. The standard InChI is InChI=1S/C40H26N4/c1-5-19-35-30(14-1)31-15-2-6-20-36(31)43(35)29-13-11-12-27(24-29)28-25-39(40(42-26-28)34-18-9-10-23-41-34)44-37-21-7-3-16-32(37)33-17-4-8-22-38(33)44/h1-26H. The van der Waals surface area contributed by atoms with E-state index in [2.05, 4.69) is 137 Å². The molecule has 0 aliphatic heterocycles. The highest BCUT2D eigenvalue weighted by Crippen LogP contribution is 2.38. The van der Waals surface area contributed by atoms with E-state index in [-0.39, 0.29) is 0 Å². The van der Waals surface area contributed by atoms with Crippen LogP contribution in [0.5, 0.6) is 0 Å². The van der Waals surface area contributed by atoms with E-state index in [1.165, 1.54) is 32.6 Å². The van der Waals surface area contributed by atoms with Crippen molar-refractivity contribution in [1.82, 2.24) is 19.1 Å². The molecule has 4 nitrogen and oxygen atoms in total. The SMILES string of the molecule is c1ccc(-c2ncc(-c3cccc(-n4c5ccccc5c5ccccc54)c3)cc2-n2c3ccccc3c3ccccc32)nc1. The van der Waals surface area contributed by atoms with Crippen LogP contribution in [-0.4, -0.2) is 19.1 Å². The lowest BCUT2D eigenvalue weighted by atomic mass is 10.0. The fourth-order valence-corrected chi connectivity index (χ4v) is 6.69. The molecule has 9 aromatic rings. The van der Waals surface area contributed by atoms with Crippen LogP contribution in [0, 0.1) is 0 Å². The average molecular weight is 563 g/mol. The van der Waals surface area contributed by atoms with Gasteiger partial charge >= 0.3 is 0 Å². The Morgan fingerprint density at radius 3 is 1.52 bits per heavy atom. The summed E-state index contributed by atoms with van der Waals surface area (Å²) in [6, 6.07) is 51.5. The van der Waals surface area contributed by atoms with Crippen LogP contribution in [0.3, 0.4) is 0 Å². The highest BCUT2D eigenvalue weighted by atomic mass is 15.0. The zero-order valence-electron chi connectivity index (χ0n) is 23.8. The number of fused-ring (bicyclic) bond motifs is 6. The Hall–Kier alpha value is -6.00. The molecule has 0 amide bonds. The van der Waals surface area contributed by atoms with Gasteiger partial charge in [-0.3, -0.25) is 9.97 Å². The second kappa shape index (κ2) is 9.79. The maximum Gasteiger partial charge on any atom is 0.113 e. The van der Waals surface area contributed by atoms with Gasteiger partial charge < -0.3 is 9.13 Å². The van der Waals surface area contributed by atoms with Crippen LogP contribution in [0.2, 0.25) is 0 Å². The van der Waals surface area contributed by atoms with Gasteiger partial charge in [0, 0.05) is 45.2 Å². The molecule has 0 fully saturated rings. The van der Waals surface area contributed by atoms with Crippen LogP contribution >= 0.6 is 0 Å². The smallest absolute Gasteiger partial charge is 0.113 e. The van der Waals surface area contributed by atoms with E-state index in [1.54, 1.807) is 0 Å². The first-order valence-electron chi connectivity index (χ1n) is 14.8. The van der Waals surface area contributed by atoms with Crippen molar-refractivity contribution < 1.29 is 0 Å². The van der Waals surface area contributed by atoms with Gasteiger partial charge in [0.25, 0.3) is 0 Å². The molecule has 0 spiro atoms. The highest BCUT2D eigenvalue weighted by molar-refractivity contribution is 6.10. The summed E-state index contributed by atoms with van der Waals surface area (Å²) in [6.07, 6.45) is 3.81. The van der Waals surface area contributed by atoms with Crippen LogP contribution in [-0.2, 0) is 0 Å². The second-order valence-electron chi connectivity index (χ2n) is 11.1. The molecule has 0 N–H and O–H groups in total. The Kier molecular flexibility index (Phi) is 5.47. The molecule has 0 atom stereocenters. The number of rotatable bonds is 4. The largest absolute Gasteiger partial charge is 0.309 e. The second-order valence-corrected chi connectivity index (χ2v) is 11.1. The van der Waals surface area contributed by atoms with Crippen molar-refractivity contribution in [3.8, 4) is 33.9 Å². The molecule has 0 aliphatic rings. The zero-order valence-corrected chi connectivity index (χ0v) is 23.8. The molecule has 0 saturated carbocycles. The van der Waals surface area contributed by atoms with Crippen LogP contribution in [0.4, 0.5) is 0 Å². The van der Waals surface area contributed by atoms with E-state index in [1.807, 2.05) is 30.6 Å². The molecule has 0 unspecified atom stereocenters. The Labute approximate surface area is 254 Å². The molecule has 4 heteroatoms. The van der Waals surface area contributed by atoms with E-state index < -0.39 is 0 Å². The van der Waals surface area contributed by atoms with Gasteiger partial charge in [0.15, 0.2) is 0 Å². The zero-order chi connectivity index (χ0) is 29.0. The third-order valence-electron chi connectivity index (χ3n) is 8.61. The summed E-state index contributed by atoms with van der Waals surface area (Å²) in [7, 11) is 0. The molecular formula is C40H26N4. The third-order valence-corrected chi connectivity index (χ3v) is 8.61.